The summed E-state index contributed by atoms with van der Waals surface area (Å²) in [6, 6.07) is 14.4. The average Bonchev–Trinajstić information content (AvgIpc) is 3.47. The minimum atomic E-state index is -0.373. The van der Waals surface area contributed by atoms with Crippen LogP contribution in [0.4, 0.5) is 10.8 Å². The lowest BCUT2D eigenvalue weighted by Gasteiger charge is -2.24. The molecule has 0 spiro atoms. The van der Waals surface area contributed by atoms with Crippen LogP contribution in [0.25, 0.3) is 0 Å². The van der Waals surface area contributed by atoms with E-state index in [-0.39, 0.29) is 17.7 Å². The first-order chi connectivity index (χ1) is 16.0. The number of hydrogen-bond acceptors (Lipinski definition) is 7. The molecule has 0 aliphatic heterocycles. The first-order valence-corrected chi connectivity index (χ1v) is 11.2. The standard InChI is InChI=1S/C25H25N3O4S/c1-15-16(2)33-25(28-24(29)19-11-8-14-32-19)21(15)22(27-20-12-5-6-13-26-20)17-9-7-10-18(30-3)23(17)31-4/h5-14,22H,1-4H3,(H,26,27)(H,28,29)/t22-/m0/s1. The molecule has 170 valence electrons. The Labute approximate surface area is 196 Å². The van der Waals surface area contributed by atoms with Crippen molar-refractivity contribution >= 4 is 28.1 Å². The number of thiophene rings is 1. The average molecular weight is 464 g/mol. The van der Waals surface area contributed by atoms with Crippen LogP contribution in [-0.2, 0) is 0 Å². The summed E-state index contributed by atoms with van der Waals surface area (Å²) in [6.07, 6.45) is 3.21. The second-order valence-corrected chi connectivity index (χ2v) is 8.56. The fraction of sp³-hybridized carbons (Fsp3) is 0.200. The van der Waals surface area contributed by atoms with Crippen LogP contribution in [0.5, 0.6) is 11.5 Å². The Morgan fingerprint density at radius 1 is 1.06 bits per heavy atom. The lowest BCUT2D eigenvalue weighted by Crippen LogP contribution is -2.18. The molecule has 4 aromatic rings. The number of anilines is 2. The highest BCUT2D eigenvalue weighted by Gasteiger charge is 2.28. The summed E-state index contributed by atoms with van der Waals surface area (Å²) in [5.74, 6) is 1.86. The van der Waals surface area contributed by atoms with Crippen molar-refractivity contribution in [3.05, 3.63) is 88.3 Å². The highest BCUT2D eigenvalue weighted by molar-refractivity contribution is 7.16. The van der Waals surface area contributed by atoms with Crippen LogP contribution in [0.15, 0.2) is 65.4 Å². The van der Waals surface area contributed by atoms with E-state index in [0.29, 0.717) is 17.3 Å². The lowest BCUT2D eigenvalue weighted by atomic mass is 9.95. The highest BCUT2D eigenvalue weighted by Crippen LogP contribution is 2.45. The molecule has 0 saturated carbocycles. The monoisotopic (exact) mass is 463 g/mol. The number of nitrogens with zero attached hydrogens (tertiary/aromatic N) is 1. The molecule has 7 nitrogen and oxygen atoms in total. The third-order valence-corrected chi connectivity index (χ3v) is 6.53. The topological polar surface area (TPSA) is 85.6 Å². The van der Waals surface area contributed by atoms with Crippen molar-refractivity contribution < 1.29 is 18.7 Å². The third kappa shape index (κ3) is 4.56. The summed E-state index contributed by atoms with van der Waals surface area (Å²) in [5.41, 5.74) is 2.85. The van der Waals surface area contributed by atoms with E-state index in [1.54, 1.807) is 32.5 Å². The molecule has 0 saturated heterocycles. The van der Waals surface area contributed by atoms with E-state index in [1.165, 1.54) is 17.6 Å². The van der Waals surface area contributed by atoms with Crippen molar-refractivity contribution in [1.29, 1.82) is 0 Å². The quantitative estimate of drug-likeness (QED) is 0.342. The van der Waals surface area contributed by atoms with Gasteiger partial charge in [0.2, 0.25) is 0 Å². The van der Waals surface area contributed by atoms with Crippen LogP contribution in [0.1, 0.15) is 38.2 Å². The molecule has 8 heteroatoms. The van der Waals surface area contributed by atoms with Gasteiger partial charge in [0.15, 0.2) is 17.3 Å². The molecule has 1 aromatic carbocycles. The van der Waals surface area contributed by atoms with Gasteiger partial charge in [0.05, 0.1) is 26.5 Å². The number of carbonyl (C=O) groups excluding carboxylic acids is 1. The molecule has 0 radical (unpaired) electrons. The minimum absolute atomic E-state index is 0.248. The van der Waals surface area contributed by atoms with Gasteiger partial charge in [0.25, 0.3) is 5.91 Å². The van der Waals surface area contributed by atoms with E-state index in [4.69, 9.17) is 13.9 Å². The van der Waals surface area contributed by atoms with Gasteiger partial charge in [-0.05, 0) is 49.7 Å². The van der Waals surface area contributed by atoms with Crippen molar-refractivity contribution in [2.24, 2.45) is 0 Å². The second kappa shape index (κ2) is 9.79. The fourth-order valence-corrected chi connectivity index (χ4v) is 4.79. The Morgan fingerprint density at radius 2 is 1.91 bits per heavy atom. The Kier molecular flexibility index (Phi) is 6.65. The van der Waals surface area contributed by atoms with Crippen LogP contribution >= 0.6 is 11.3 Å². The smallest absolute Gasteiger partial charge is 0.291 e. The van der Waals surface area contributed by atoms with Gasteiger partial charge in [0, 0.05) is 22.2 Å². The zero-order valence-corrected chi connectivity index (χ0v) is 19.7. The van der Waals surface area contributed by atoms with E-state index in [2.05, 4.69) is 15.6 Å². The number of hydrogen-bond donors (Lipinski definition) is 2. The molecule has 4 rings (SSSR count). The summed E-state index contributed by atoms with van der Waals surface area (Å²) in [7, 11) is 3.22. The molecule has 1 amide bonds. The van der Waals surface area contributed by atoms with Gasteiger partial charge >= 0.3 is 0 Å². The molecule has 0 unspecified atom stereocenters. The van der Waals surface area contributed by atoms with Crippen LogP contribution < -0.4 is 20.1 Å². The van der Waals surface area contributed by atoms with E-state index >= 15 is 0 Å². The summed E-state index contributed by atoms with van der Waals surface area (Å²) in [4.78, 5) is 18.4. The van der Waals surface area contributed by atoms with E-state index in [0.717, 1.165) is 26.6 Å². The SMILES string of the molecule is COc1cccc([C@H](Nc2ccccn2)c2c(NC(=O)c3ccco3)sc(C)c2C)c1OC. The number of methoxy groups -OCH3 is 2. The maximum absolute atomic E-state index is 12.8. The van der Waals surface area contributed by atoms with Crippen molar-refractivity contribution in [2.75, 3.05) is 24.9 Å². The molecular weight excluding hydrogens is 438 g/mol. The first kappa shape index (κ1) is 22.4. The van der Waals surface area contributed by atoms with Crippen LogP contribution in [-0.4, -0.2) is 25.1 Å². The maximum atomic E-state index is 12.8. The second-order valence-electron chi connectivity index (χ2n) is 7.33. The summed E-state index contributed by atoms with van der Waals surface area (Å²) >= 11 is 1.52. The van der Waals surface area contributed by atoms with Gasteiger partial charge in [-0.15, -0.1) is 11.3 Å². The van der Waals surface area contributed by atoms with E-state index in [9.17, 15) is 4.79 Å². The minimum Gasteiger partial charge on any atom is -0.493 e. The zero-order chi connectivity index (χ0) is 23.4. The van der Waals surface area contributed by atoms with Gasteiger partial charge in [-0.3, -0.25) is 4.79 Å². The third-order valence-electron chi connectivity index (χ3n) is 5.39. The Balaban J connectivity index is 1.86. The number of para-hydroxylation sites is 1. The number of pyridine rings is 1. The number of aromatic nitrogens is 1. The Morgan fingerprint density at radius 3 is 2.58 bits per heavy atom. The largest absolute Gasteiger partial charge is 0.493 e. The van der Waals surface area contributed by atoms with E-state index in [1.807, 2.05) is 50.2 Å². The number of nitrogens with one attached hydrogen (secondary N) is 2. The number of aryl methyl sites for hydroxylation is 1. The van der Waals surface area contributed by atoms with Gasteiger partial charge < -0.3 is 24.5 Å². The zero-order valence-electron chi connectivity index (χ0n) is 18.8. The van der Waals surface area contributed by atoms with Crippen molar-refractivity contribution in [2.45, 2.75) is 19.9 Å². The normalized spacial score (nSPS) is 11.6. The first-order valence-electron chi connectivity index (χ1n) is 10.4. The van der Waals surface area contributed by atoms with Crippen LogP contribution in [0.3, 0.4) is 0 Å². The molecule has 0 bridgehead atoms. The van der Waals surface area contributed by atoms with Crippen LogP contribution in [0, 0.1) is 13.8 Å². The lowest BCUT2D eigenvalue weighted by molar-refractivity contribution is 0.0997. The Bertz CT molecular complexity index is 1240. The molecule has 3 heterocycles. The van der Waals surface area contributed by atoms with Gasteiger partial charge in [-0.25, -0.2) is 4.98 Å². The number of rotatable bonds is 8. The molecule has 0 aliphatic rings. The predicted molar refractivity (Wildman–Crippen MR) is 130 cm³/mol. The molecular formula is C25H25N3O4S. The van der Waals surface area contributed by atoms with E-state index < -0.39 is 0 Å². The predicted octanol–water partition coefficient (Wildman–Crippen LogP) is 5.82. The highest BCUT2D eigenvalue weighted by atomic mass is 32.1. The molecule has 33 heavy (non-hydrogen) atoms. The summed E-state index contributed by atoms with van der Waals surface area (Å²) in [6.45, 7) is 4.08. The summed E-state index contributed by atoms with van der Waals surface area (Å²) < 4.78 is 16.6. The molecule has 0 aliphatic carbocycles. The van der Waals surface area contributed by atoms with Gasteiger partial charge in [-0.2, -0.15) is 0 Å². The van der Waals surface area contributed by atoms with Crippen molar-refractivity contribution in [3.63, 3.8) is 0 Å². The molecule has 0 fully saturated rings. The number of amides is 1. The van der Waals surface area contributed by atoms with Gasteiger partial charge in [-0.1, -0.05) is 18.2 Å². The van der Waals surface area contributed by atoms with Crippen LogP contribution in [0.2, 0.25) is 0 Å². The number of furan rings is 1. The number of ether oxygens (including phenoxy) is 2. The molecule has 2 N–H and O–H groups in total. The number of carbonyl (C=O) groups is 1. The molecule has 1 atom stereocenters. The van der Waals surface area contributed by atoms with Gasteiger partial charge in [0.1, 0.15) is 10.8 Å². The van der Waals surface area contributed by atoms with Crippen molar-refractivity contribution in [1.82, 2.24) is 4.98 Å². The number of benzene rings is 1. The fourth-order valence-electron chi connectivity index (χ4n) is 3.70. The molecule has 3 aromatic heterocycles. The Hall–Kier alpha value is -3.78. The summed E-state index contributed by atoms with van der Waals surface area (Å²) in [5, 5.41) is 7.28. The van der Waals surface area contributed by atoms with Crippen molar-refractivity contribution in [3.8, 4) is 11.5 Å². The maximum Gasteiger partial charge on any atom is 0.291 e.